The maximum atomic E-state index is 13.3. The van der Waals surface area contributed by atoms with Gasteiger partial charge in [0.1, 0.15) is 18.0 Å². The molecule has 0 radical (unpaired) electrons. The molecule has 10 nitrogen and oxygen atoms in total. The van der Waals surface area contributed by atoms with Crippen LogP contribution in [-0.2, 0) is 19.6 Å². The monoisotopic (exact) mass is 444 g/mol. The van der Waals surface area contributed by atoms with Crippen LogP contribution in [0.2, 0.25) is 5.02 Å². The number of nitro benzene ring substituents is 1. The summed E-state index contributed by atoms with van der Waals surface area (Å²) in [5, 5.41) is 11.5. The molecule has 2 aromatic rings. The standard InChI is InChI=1S/C17H17ClN2O8S/c1-26-14-9-13(15(27-2)8-11(14)18)19(10-17(21)28-3)29(24,25)16-7-5-4-6-12(16)20(22)23/h4-9H,10H2,1-3H3. The van der Waals surface area contributed by atoms with E-state index in [1.54, 1.807) is 0 Å². The van der Waals surface area contributed by atoms with Gasteiger partial charge >= 0.3 is 5.97 Å². The third-order valence-electron chi connectivity index (χ3n) is 3.85. The average molecular weight is 445 g/mol. The minimum atomic E-state index is -4.59. The lowest BCUT2D eigenvalue weighted by Crippen LogP contribution is -2.37. The Bertz CT molecular complexity index is 1040. The lowest BCUT2D eigenvalue weighted by molar-refractivity contribution is -0.387. The van der Waals surface area contributed by atoms with Gasteiger partial charge < -0.3 is 14.2 Å². The molecule has 0 amide bonds. The van der Waals surface area contributed by atoms with Crippen LogP contribution < -0.4 is 13.8 Å². The number of esters is 1. The highest BCUT2D eigenvalue weighted by Gasteiger charge is 2.35. The molecule has 0 N–H and O–H groups in total. The van der Waals surface area contributed by atoms with Crippen molar-refractivity contribution in [2.45, 2.75) is 4.90 Å². The van der Waals surface area contributed by atoms with Crippen LogP contribution >= 0.6 is 11.6 Å². The van der Waals surface area contributed by atoms with Crippen LogP contribution in [0.3, 0.4) is 0 Å². The summed E-state index contributed by atoms with van der Waals surface area (Å²) in [6.45, 7) is -0.772. The number of benzene rings is 2. The van der Waals surface area contributed by atoms with E-state index in [1.165, 1.54) is 38.5 Å². The summed E-state index contributed by atoms with van der Waals surface area (Å²) in [6.07, 6.45) is 0. The normalized spacial score (nSPS) is 10.9. The molecule has 0 heterocycles. The molecule has 156 valence electrons. The second kappa shape index (κ2) is 8.97. The molecule has 0 bridgehead atoms. The van der Waals surface area contributed by atoms with Gasteiger partial charge in [-0.2, -0.15) is 0 Å². The smallest absolute Gasteiger partial charge is 0.326 e. The molecule has 0 unspecified atom stereocenters. The second-order valence-electron chi connectivity index (χ2n) is 5.47. The number of carbonyl (C=O) groups is 1. The summed E-state index contributed by atoms with van der Waals surface area (Å²) >= 11 is 6.06. The molecule has 0 saturated heterocycles. The SMILES string of the molecule is COC(=O)CN(c1cc(OC)c(Cl)cc1OC)S(=O)(=O)c1ccccc1[N+](=O)[O-]. The maximum Gasteiger partial charge on any atom is 0.326 e. The number of sulfonamides is 1. The number of nitrogens with zero attached hydrogens (tertiary/aromatic N) is 2. The highest BCUT2D eigenvalue weighted by Crippen LogP contribution is 2.41. The Morgan fingerprint density at radius 2 is 1.76 bits per heavy atom. The van der Waals surface area contributed by atoms with Gasteiger partial charge in [-0.3, -0.25) is 19.2 Å². The molecule has 0 fully saturated rings. The first-order valence-corrected chi connectivity index (χ1v) is 9.73. The van der Waals surface area contributed by atoms with Crippen molar-refractivity contribution in [3.63, 3.8) is 0 Å². The topological polar surface area (TPSA) is 125 Å². The molecule has 12 heteroatoms. The van der Waals surface area contributed by atoms with Crippen molar-refractivity contribution in [1.82, 2.24) is 0 Å². The fourth-order valence-corrected chi connectivity index (χ4v) is 4.27. The zero-order valence-electron chi connectivity index (χ0n) is 15.6. The number of nitro groups is 1. The summed E-state index contributed by atoms with van der Waals surface area (Å²) < 4.78 is 42.2. The van der Waals surface area contributed by atoms with Gasteiger partial charge in [-0.15, -0.1) is 0 Å². The zero-order chi connectivity index (χ0) is 21.8. The lowest BCUT2D eigenvalue weighted by atomic mass is 10.2. The predicted octanol–water partition coefficient (Wildman–Crippen LogP) is 2.63. The first kappa shape index (κ1) is 22.2. The number of methoxy groups -OCH3 is 3. The minimum Gasteiger partial charge on any atom is -0.495 e. The first-order chi connectivity index (χ1) is 13.7. The Balaban J connectivity index is 2.79. The molecular formula is C17H17ClN2O8S. The Labute approximate surface area is 171 Å². The fraction of sp³-hybridized carbons (Fsp3) is 0.235. The Morgan fingerprint density at radius 1 is 1.14 bits per heavy atom. The molecule has 2 rings (SSSR count). The van der Waals surface area contributed by atoms with E-state index in [1.807, 2.05) is 0 Å². The van der Waals surface area contributed by atoms with Gasteiger partial charge in [0.2, 0.25) is 0 Å². The third-order valence-corrected chi connectivity index (χ3v) is 5.95. The van der Waals surface area contributed by atoms with Gasteiger partial charge in [0.25, 0.3) is 15.7 Å². The van der Waals surface area contributed by atoms with Gasteiger partial charge in [-0.25, -0.2) is 8.42 Å². The van der Waals surface area contributed by atoms with Gasteiger partial charge in [0.15, 0.2) is 4.90 Å². The van der Waals surface area contributed by atoms with Crippen molar-refractivity contribution in [1.29, 1.82) is 0 Å². The van der Waals surface area contributed by atoms with Crippen LogP contribution in [0.1, 0.15) is 0 Å². The van der Waals surface area contributed by atoms with E-state index in [-0.39, 0.29) is 22.2 Å². The number of anilines is 1. The fourth-order valence-electron chi connectivity index (χ4n) is 2.47. The lowest BCUT2D eigenvalue weighted by Gasteiger charge is -2.25. The minimum absolute atomic E-state index is 0.00172. The van der Waals surface area contributed by atoms with Crippen LogP contribution in [0, 0.1) is 10.1 Å². The molecule has 29 heavy (non-hydrogen) atoms. The number of rotatable bonds is 8. The van der Waals surface area contributed by atoms with E-state index in [0.29, 0.717) is 4.31 Å². The molecule has 0 spiro atoms. The highest BCUT2D eigenvalue weighted by molar-refractivity contribution is 7.93. The highest BCUT2D eigenvalue weighted by atomic mass is 35.5. The summed E-state index contributed by atoms with van der Waals surface area (Å²) in [5.41, 5.74) is -0.764. The summed E-state index contributed by atoms with van der Waals surface area (Å²) in [4.78, 5) is 21.9. The van der Waals surface area contributed by atoms with Crippen molar-refractivity contribution in [2.24, 2.45) is 0 Å². The number of carbonyl (C=O) groups excluding carboxylic acids is 1. The maximum absolute atomic E-state index is 13.3. The molecular weight excluding hydrogens is 428 g/mol. The van der Waals surface area contributed by atoms with E-state index in [0.717, 1.165) is 19.2 Å². The zero-order valence-corrected chi connectivity index (χ0v) is 17.2. The summed E-state index contributed by atoms with van der Waals surface area (Å²) in [5.74, 6) is -0.792. The Kier molecular flexibility index (Phi) is 6.88. The molecule has 0 saturated carbocycles. The molecule has 0 aliphatic heterocycles. The number of hydrogen-bond acceptors (Lipinski definition) is 8. The quantitative estimate of drug-likeness (QED) is 0.345. The third kappa shape index (κ3) is 4.51. The van der Waals surface area contributed by atoms with E-state index < -0.39 is 38.0 Å². The number of ether oxygens (including phenoxy) is 3. The molecule has 0 atom stereocenters. The Morgan fingerprint density at radius 3 is 2.31 bits per heavy atom. The van der Waals surface area contributed by atoms with Gasteiger partial charge in [-0.1, -0.05) is 23.7 Å². The molecule has 0 aliphatic rings. The van der Waals surface area contributed by atoms with Gasteiger partial charge in [-0.05, 0) is 6.07 Å². The number of para-hydroxylation sites is 1. The van der Waals surface area contributed by atoms with E-state index >= 15 is 0 Å². The average Bonchev–Trinajstić information content (AvgIpc) is 2.71. The summed E-state index contributed by atoms with van der Waals surface area (Å²) in [6, 6.07) is 7.31. The van der Waals surface area contributed by atoms with Crippen molar-refractivity contribution < 1.29 is 32.3 Å². The van der Waals surface area contributed by atoms with Crippen LogP contribution in [0.25, 0.3) is 0 Å². The molecule has 2 aromatic carbocycles. The van der Waals surface area contributed by atoms with Crippen LogP contribution in [0.4, 0.5) is 11.4 Å². The molecule has 0 aromatic heterocycles. The van der Waals surface area contributed by atoms with Crippen LogP contribution in [-0.4, -0.2) is 47.2 Å². The summed E-state index contributed by atoms with van der Waals surface area (Å²) in [7, 11) is -0.921. The van der Waals surface area contributed by atoms with Crippen LogP contribution in [0.5, 0.6) is 11.5 Å². The molecule has 0 aliphatic carbocycles. The van der Waals surface area contributed by atoms with Crippen molar-refractivity contribution in [2.75, 3.05) is 32.2 Å². The van der Waals surface area contributed by atoms with Gasteiger partial charge in [0.05, 0.1) is 37.0 Å². The first-order valence-electron chi connectivity index (χ1n) is 7.91. The van der Waals surface area contributed by atoms with E-state index in [4.69, 9.17) is 21.1 Å². The van der Waals surface area contributed by atoms with Gasteiger partial charge in [0, 0.05) is 18.2 Å². The predicted molar refractivity (Wildman–Crippen MR) is 104 cm³/mol. The van der Waals surface area contributed by atoms with E-state index in [2.05, 4.69) is 4.74 Å². The second-order valence-corrected chi connectivity index (χ2v) is 7.71. The largest absolute Gasteiger partial charge is 0.495 e. The Hall–Kier alpha value is -3.05. The number of halogens is 1. The number of hydrogen-bond donors (Lipinski definition) is 0. The van der Waals surface area contributed by atoms with Crippen LogP contribution in [0.15, 0.2) is 41.3 Å². The van der Waals surface area contributed by atoms with Crippen molar-refractivity contribution in [3.05, 3.63) is 51.5 Å². The van der Waals surface area contributed by atoms with Crippen molar-refractivity contribution >= 4 is 39.0 Å². The van der Waals surface area contributed by atoms with Crippen molar-refractivity contribution in [3.8, 4) is 11.5 Å². The van der Waals surface area contributed by atoms with E-state index in [9.17, 15) is 23.3 Å².